The minimum atomic E-state index is -1.27. The number of carbonyl (C=O) groups is 2. The largest absolute Gasteiger partial charge is 0.481 e. The minimum absolute atomic E-state index is 0.201. The number of carboxylic acids is 1. The molecule has 1 aromatic heterocycles. The number of aliphatic hydroxyl groups excluding tert-OH is 2. The molecule has 8 nitrogen and oxygen atoms in total. The molecule has 2 atom stereocenters. The molecule has 4 N–H and O–H groups in total. The van der Waals surface area contributed by atoms with Crippen molar-refractivity contribution in [2.24, 2.45) is 0 Å². The summed E-state index contributed by atoms with van der Waals surface area (Å²) in [6.45, 7) is 4.93. The highest BCUT2D eigenvalue weighted by Gasteiger charge is 2.21. The Morgan fingerprint density at radius 3 is 2.43 bits per heavy atom. The van der Waals surface area contributed by atoms with E-state index >= 15 is 0 Å². The van der Waals surface area contributed by atoms with Gasteiger partial charge in [0.05, 0.1) is 12.1 Å². The topological polar surface area (TPSA) is 129 Å². The zero-order valence-corrected chi connectivity index (χ0v) is 13.3. The van der Waals surface area contributed by atoms with Gasteiger partial charge in [0.15, 0.2) is 0 Å². The van der Waals surface area contributed by atoms with Crippen LogP contribution < -0.4 is 5.32 Å². The molecule has 0 saturated heterocycles. The third-order valence-corrected chi connectivity index (χ3v) is 2.74. The molecule has 0 spiro atoms. The van der Waals surface area contributed by atoms with Crippen molar-refractivity contribution in [3.63, 3.8) is 0 Å². The van der Waals surface area contributed by atoms with Gasteiger partial charge < -0.3 is 25.4 Å². The van der Waals surface area contributed by atoms with Crippen LogP contribution in [-0.4, -0.2) is 50.6 Å². The quantitative estimate of drug-likeness (QED) is 0.603. The molecule has 0 aliphatic heterocycles. The van der Waals surface area contributed by atoms with Crippen LogP contribution in [0.4, 0.5) is 4.79 Å². The molecule has 0 radical (unpaired) electrons. The van der Waals surface area contributed by atoms with E-state index in [0.29, 0.717) is 11.3 Å². The number of nitrogens with zero attached hydrogens (tertiary/aromatic N) is 1. The predicted molar refractivity (Wildman–Crippen MR) is 80.8 cm³/mol. The van der Waals surface area contributed by atoms with Crippen LogP contribution in [0, 0.1) is 0 Å². The van der Waals surface area contributed by atoms with Crippen molar-refractivity contribution in [1.29, 1.82) is 0 Å². The van der Waals surface area contributed by atoms with Crippen LogP contribution in [0.2, 0.25) is 0 Å². The number of aromatic nitrogens is 1. The van der Waals surface area contributed by atoms with Crippen molar-refractivity contribution in [2.45, 2.75) is 45.0 Å². The van der Waals surface area contributed by atoms with Crippen LogP contribution in [0.25, 0.3) is 0 Å². The summed E-state index contributed by atoms with van der Waals surface area (Å²) in [6, 6.07) is 2.94. The number of ether oxygens (including phenoxy) is 1. The third-order valence-electron chi connectivity index (χ3n) is 2.74. The lowest BCUT2D eigenvalue weighted by Crippen LogP contribution is -2.38. The number of rotatable bonds is 6. The maximum absolute atomic E-state index is 11.5. The fourth-order valence-corrected chi connectivity index (χ4v) is 1.71. The minimum Gasteiger partial charge on any atom is -0.481 e. The maximum atomic E-state index is 11.5. The second-order valence-electron chi connectivity index (χ2n) is 6.05. The van der Waals surface area contributed by atoms with Crippen molar-refractivity contribution in [3.05, 3.63) is 29.6 Å². The van der Waals surface area contributed by atoms with Gasteiger partial charge in [0.1, 0.15) is 17.8 Å². The molecule has 1 aromatic rings. The Morgan fingerprint density at radius 2 is 1.96 bits per heavy atom. The number of carboxylic acid groups (broad SMARTS) is 1. The highest BCUT2D eigenvalue weighted by Crippen LogP contribution is 2.16. The number of amides is 1. The first-order chi connectivity index (χ1) is 10.6. The molecule has 0 aliphatic carbocycles. The number of aliphatic carboxylic acids is 1. The Bertz CT molecular complexity index is 538. The van der Waals surface area contributed by atoms with E-state index in [2.05, 4.69) is 10.3 Å². The van der Waals surface area contributed by atoms with Gasteiger partial charge in [-0.1, -0.05) is 6.07 Å². The summed E-state index contributed by atoms with van der Waals surface area (Å²) in [5.74, 6) is -1.01. The summed E-state index contributed by atoms with van der Waals surface area (Å²) >= 11 is 0. The fraction of sp³-hybridized carbons (Fsp3) is 0.533. The molecular weight excluding hydrogens is 304 g/mol. The van der Waals surface area contributed by atoms with Crippen LogP contribution >= 0.6 is 0 Å². The molecule has 1 amide bonds. The maximum Gasteiger partial charge on any atom is 0.407 e. The average Bonchev–Trinajstić information content (AvgIpc) is 2.42. The van der Waals surface area contributed by atoms with E-state index in [1.807, 2.05) is 0 Å². The second-order valence-corrected chi connectivity index (χ2v) is 6.05. The Kier molecular flexibility index (Phi) is 6.47. The number of nitrogens with one attached hydrogen (secondary N) is 1. The van der Waals surface area contributed by atoms with E-state index in [1.54, 1.807) is 20.8 Å². The number of carbonyl (C=O) groups excluding carboxylic acids is 1. The summed E-state index contributed by atoms with van der Waals surface area (Å²) in [5, 5.41) is 30.9. The number of hydrogen-bond donors (Lipinski definition) is 4. The first kappa shape index (κ1) is 18.9. The monoisotopic (exact) mass is 326 g/mol. The van der Waals surface area contributed by atoms with Crippen LogP contribution in [0.15, 0.2) is 18.3 Å². The number of hydrogen-bond acceptors (Lipinski definition) is 6. The van der Waals surface area contributed by atoms with Crippen molar-refractivity contribution in [1.82, 2.24) is 10.3 Å². The number of pyridine rings is 1. The van der Waals surface area contributed by atoms with Gasteiger partial charge in [-0.3, -0.25) is 9.78 Å². The molecule has 0 aliphatic rings. The molecule has 1 heterocycles. The molecule has 0 aromatic carbocycles. The van der Waals surface area contributed by atoms with Gasteiger partial charge in [0.25, 0.3) is 0 Å². The summed E-state index contributed by atoms with van der Waals surface area (Å²) in [5.41, 5.74) is 0.00446. The van der Waals surface area contributed by atoms with E-state index < -0.39 is 29.9 Å². The molecule has 2 unspecified atom stereocenters. The van der Waals surface area contributed by atoms with E-state index in [-0.39, 0.29) is 13.0 Å². The zero-order chi connectivity index (χ0) is 17.6. The van der Waals surface area contributed by atoms with Gasteiger partial charge in [-0.05, 0) is 26.8 Å². The van der Waals surface area contributed by atoms with Gasteiger partial charge in [-0.25, -0.2) is 4.79 Å². The zero-order valence-electron chi connectivity index (χ0n) is 13.3. The highest BCUT2D eigenvalue weighted by molar-refractivity contribution is 5.69. The Morgan fingerprint density at radius 1 is 1.30 bits per heavy atom. The van der Waals surface area contributed by atoms with Crippen molar-refractivity contribution >= 4 is 12.1 Å². The standard InChI is InChI=1S/C15H22N2O6/c1-15(2,3)23-14(22)17-8-11(18)13(21)9-4-5-10(16-7-9)6-12(19)20/h4-5,7,11,13,18,21H,6,8H2,1-3H3,(H,17,22)(H,19,20). The Labute approximate surface area is 134 Å². The van der Waals surface area contributed by atoms with Gasteiger partial charge >= 0.3 is 12.1 Å². The first-order valence-corrected chi connectivity index (χ1v) is 7.08. The molecule has 0 bridgehead atoms. The van der Waals surface area contributed by atoms with Crippen LogP contribution in [0.3, 0.4) is 0 Å². The Balaban J connectivity index is 2.54. The lowest BCUT2D eigenvalue weighted by atomic mass is 10.1. The lowest BCUT2D eigenvalue weighted by Gasteiger charge is -2.22. The number of alkyl carbamates (subject to hydrolysis) is 1. The Hall–Kier alpha value is -2.19. The van der Waals surface area contributed by atoms with Crippen molar-refractivity contribution in [3.8, 4) is 0 Å². The van der Waals surface area contributed by atoms with E-state index in [4.69, 9.17) is 9.84 Å². The van der Waals surface area contributed by atoms with E-state index in [9.17, 15) is 19.8 Å². The number of aliphatic hydroxyl groups is 2. The summed E-state index contributed by atoms with van der Waals surface area (Å²) in [4.78, 5) is 25.9. The molecule has 8 heteroatoms. The normalized spacial score (nSPS) is 14.0. The fourth-order valence-electron chi connectivity index (χ4n) is 1.71. The van der Waals surface area contributed by atoms with Crippen molar-refractivity contribution in [2.75, 3.05) is 6.54 Å². The smallest absolute Gasteiger partial charge is 0.407 e. The van der Waals surface area contributed by atoms with Gasteiger partial charge in [0.2, 0.25) is 0 Å². The summed E-state index contributed by atoms with van der Waals surface area (Å²) in [7, 11) is 0. The third kappa shape index (κ3) is 7.07. The van der Waals surface area contributed by atoms with Crippen molar-refractivity contribution < 1.29 is 29.6 Å². The van der Waals surface area contributed by atoms with Gasteiger partial charge in [-0.15, -0.1) is 0 Å². The average molecular weight is 326 g/mol. The van der Waals surface area contributed by atoms with Crippen LogP contribution in [-0.2, 0) is 16.0 Å². The highest BCUT2D eigenvalue weighted by atomic mass is 16.6. The first-order valence-electron chi connectivity index (χ1n) is 7.08. The van der Waals surface area contributed by atoms with E-state index in [1.165, 1.54) is 18.3 Å². The van der Waals surface area contributed by atoms with E-state index in [0.717, 1.165) is 0 Å². The predicted octanol–water partition coefficient (Wildman–Crippen LogP) is 0.628. The van der Waals surface area contributed by atoms with Crippen LogP contribution in [0.5, 0.6) is 0 Å². The summed E-state index contributed by atoms with van der Waals surface area (Å²) in [6.07, 6.45) is -2.15. The second kappa shape index (κ2) is 7.89. The molecule has 23 heavy (non-hydrogen) atoms. The SMILES string of the molecule is CC(C)(C)OC(=O)NCC(O)C(O)c1ccc(CC(=O)O)nc1. The lowest BCUT2D eigenvalue weighted by molar-refractivity contribution is -0.136. The van der Waals surface area contributed by atoms with Gasteiger partial charge in [0, 0.05) is 18.3 Å². The van der Waals surface area contributed by atoms with Gasteiger partial charge in [-0.2, -0.15) is 0 Å². The molecule has 0 saturated carbocycles. The molecule has 1 rings (SSSR count). The van der Waals surface area contributed by atoms with Crippen LogP contribution in [0.1, 0.15) is 38.1 Å². The molecule has 0 fully saturated rings. The molecule has 128 valence electrons. The molecular formula is C15H22N2O6. The summed E-state index contributed by atoms with van der Waals surface area (Å²) < 4.78 is 5.02.